The molecule has 0 spiro atoms. The largest absolute Gasteiger partial charge is 0.491 e. The first kappa shape index (κ1) is 17.3. The normalized spacial score (nSPS) is 20.9. The van der Waals surface area contributed by atoms with Crippen molar-refractivity contribution in [2.45, 2.75) is 6.17 Å². The smallest absolute Gasteiger partial charge is 0.236 e. The minimum absolute atomic E-state index is 0.0416. The lowest BCUT2D eigenvalue weighted by Crippen LogP contribution is -2.44. The Balaban J connectivity index is 1.64. The maximum Gasteiger partial charge on any atom is 0.236 e. The van der Waals surface area contributed by atoms with Gasteiger partial charge in [0.1, 0.15) is 24.4 Å². The Morgan fingerprint density at radius 1 is 1.07 bits per heavy atom. The van der Waals surface area contributed by atoms with Gasteiger partial charge in [-0.3, -0.25) is 4.79 Å². The van der Waals surface area contributed by atoms with Gasteiger partial charge in [0.2, 0.25) is 5.91 Å². The number of nitrogens with zero attached hydrogens (tertiary/aromatic N) is 2. The number of hydrogen-bond acceptors (Lipinski definition) is 5. The number of para-hydroxylation sites is 1. The van der Waals surface area contributed by atoms with E-state index in [-0.39, 0.29) is 18.0 Å². The van der Waals surface area contributed by atoms with E-state index in [0.717, 1.165) is 22.6 Å². The third-order valence-electron chi connectivity index (χ3n) is 4.71. The first-order chi connectivity index (χ1) is 13.3. The minimum atomic E-state index is -0.351. The van der Waals surface area contributed by atoms with E-state index in [0.29, 0.717) is 13.2 Å². The molecule has 2 aliphatic heterocycles. The van der Waals surface area contributed by atoms with Gasteiger partial charge >= 0.3 is 0 Å². The summed E-state index contributed by atoms with van der Waals surface area (Å²) in [6.07, 6.45) is 3.24. The van der Waals surface area contributed by atoms with Gasteiger partial charge in [-0.25, -0.2) is 4.99 Å². The monoisotopic (exact) mass is 363 g/mol. The van der Waals surface area contributed by atoms with E-state index < -0.39 is 0 Å². The van der Waals surface area contributed by atoms with Crippen molar-refractivity contribution in [1.82, 2.24) is 5.32 Å². The number of hydrogen-bond donors (Lipinski definition) is 1. The second kappa shape index (κ2) is 7.63. The molecule has 27 heavy (non-hydrogen) atoms. The molecule has 6 nitrogen and oxygen atoms in total. The molecule has 4 rings (SSSR count). The molecular weight excluding hydrogens is 342 g/mol. The van der Waals surface area contributed by atoms with Crippen LogP contribution in [0.3, 0.4) is 0 Å². The zero-order valence-corrected chi connectivity index (χ0v) is 15.0. The van der Waals surface area contributed by atoms with Gasteiger partial charge in [-0.05, 0) is 35.4 Å². The lowest BCUT2D eigenvalue weighted by atomic mass is 9.92. The fourth-order valence-corrected chi connectivity index (χ4v) is 3.40. The van der Waals surface area contributed by atoms with Crippen molar-refractivity contribution in [3.8, 4) is 5.75 Å². The first-order valence-corrected chi connectivity index (χ1v) is 8.87. The van der Waals surface area contributed by atoms with Gasteiger partial charge < -0.3 is 19.7 Å². The third kappa shape index (κ3) is 3.44. The van der Waals surface area contributed by atoms with E-state index in [1.807, 2.05) is 60.8 Å². The summed E-state index contributed by atoms with van der Waals surface area (Å²) in [6.45, 7) is 1.04. The highest BCUT2D eigenvalue weighted by molar-refractivity contribution is 6.02. The highest BCUT2D eigenvalue weighted by atomic mass is 16.5. The quantitative estimate of drug-likeness (QED) is 0.802. The number of benzene rings is 2. The van der Waals surface area contributed by atoms with Crippen molar-refractivity contribution in [2.75, 3.05) is 25.2 Å². The van der Waals surface area contributed by atoms with Crippen LogP contribution in [0.5, 0.6) is 5.75 Å². The SMILES string of the molecule is COCCOc1ccc(C2=CN(c3ccccc3)C3N=CNC(=O)C23)cc1. The summed E-state index contributed by atoms with van der Waals surface area (Å²) in [7, 11) is 1.64. The summed E-state index contributed by atoms with van der Waals surface area (Å²) in [5.41, 5.74) is 2.94. The predicted molar refractivity (Wildman–Crippen MR) is 105 cm³/mol. The average molecular weight is 363 g/mol. The van der Waals surface area contributed by atoms with Crippen LogP contribution >= 0.6 is 0 Å². The molecule has 0 aromatic heterocycles. The van der Waals surface area contributed by atoms with Crippen LogP contribution in [0.25, 0.3) is 5.57 Å². The van der Waals surface area contributed by atoms with Crippen molar-refractivity contribution in [2.24, 2.45) is 10.9 Å². The topological polar surface area (TPSA) is 63.2 Å². The molecule has 2 aromatic carbocycles. The average Bonchev–Trinajstić information content (AvgIpc) is 3.10. The Morgan fingerprint density at radius 2 is 1.85 bits per heavy atom. The van der Waals surface area contributed by atoms with Gasteiger partial charge in [-0.15, -0.1) is 0 Å². The van der Waals surface area contributed by atoms with Crippen LogP contribution in [0.4, 0.5) is 5.69 Å². The third-order valence-corrected chi connectivity index (χ3v) is 4.71. The van der Waals surface area contributed by atoms with Crippen molar-refractivity contribution >= 4 is 23.5 Å². The Morgan fingerprint density at radius 3 is 2.59 bits per heavy atom. The molecule has 0 saturated carbocycles. The maximum absolute atomic E-state index is 12.6. The van der Waals surface area contributed by atoms with Crippen LogP contribution in [-0.4, -0.2) is 38.7 Å². The highest BCUT2D eigenvalue weighted by Gasteiger charge is 2.42. The van der Waals surface area contributed by atoms with E-state index >= 15 is 0 Å². The van der Waals surface area contributed by atoms with Gasteiger partial charge in [0.05, 0.1) is 12.9 Å². The van der Waals surface area contributed by atoms with Gasteiger partial charge in [0.25, 0.3) is 0 Å². The molecule has 0 saturated heterocycles. The Labute approximate surface area is 158 Å². The van der Waals surface area contributed by atoms with E-state index in [1.165, 1.54) is 6.34 Å². The second-order valence-corrected chi connectivity index (χ2v) is 6.37. The fourth-order valence-electron chi connectivity index (χ4n) is 3.40. The number of nitrogens with one attached hydrogen (secondary N) is 1. The van der Waals surface area contributed by atoms with E-state index in [2.05, 4.69) is 15.2 Å². The lowest BCUT2D eigenvalue weighted by Gasteiger charge is -2.28. The van der Waals surface area contributed by atoms with Crippen LogP contribution in [0.1, 0.15) is 5.56 Å². The number of ether oxygens (including phenoxy) is 2. The predicted octanol–water partition coefficient (Wildman–Crippen LogP) is 2.67. The van der Waals surface area contributed by atoms with Crippen LogP contribution in [0.15, 0.2) is 65.8 Å². The molecule has 1 N–H and O–H groups in total. The zero-order valence-electron chi connectivity index (χ0n) is 15.0. The number of carbonyl (C=O) groups is 1. The standard InChI is InChI=1S/C21H21N3O3/c1-26-11-12-27-17-9-7-15(8-10-17)18-13-24(16-5-3-2-4-6-16)20-19(18)21(25)23-14-22-20/h2-10,13-14,19-20H,11-12H2,1H3,(H,22,23,25). The summed E-state index contributed by atoms with van der Waals surface area (Å²) in [4.78, 5) is 19.1. The Kier molecular flexibility index (Phi) is 4.89. The summed E-state index contributed by atoms with van der Waals surface area (Å²) >= 11 is 0. The number of carbonyl (C=O) groups excluding carboxylic acids is 1. The van der Waals surface area contributed by atoms with Gasteiger partial charge in [-0.2, -0.15) is 0 Å². The second-order valence-electron chi connectivity index (χ2n) is 6.37. The summed E-state index contributed by atoms with van der Waals surface area (Å²) in [6, 6.07) is 17.8. The number of rotatable bonds is 6. The molecule has 2 aliphatic rings. The van der Waals surface area contributed by atoms with Crippen molar-refractivity contribution in [3.63, 3.8) is 0 Å². The van der Waals surface area contributed by atoms with Crippen molar-refractivity contribution in [3.05, 3.63) is 66.4 Å². The molecule has 138 valence electrons. The lowest BCUT2D eigenvalue weighted by molar-refractivity contribution is -0.122. The maximum atomic E-state index is 12.6. The van der Waals surface area contributed by atoms with Crippen molar-refractivity contribution in [1.29, 1.82) is 0 Å². The number of methoxy groups -OCH3 is 1. The molecule has 1 amide bonds. The van der Waals surface area contributed by atoms with Crippen molar-refractivity contribution < 1.29 is 14.3 Å². The van der Waals surface area contributed by atoms with Crippen LogP contribution in [0.2, 0.25) is 0 Å². The molecule has 0 aliphatic carbocycles. The zero-order chi connectivity index (χ0) is 18.6. The summed E-state index contributed by atoms with van der Waals surface area (Å²) < 4.78 is 10.6. The molecule has 6 heteroatoms. The van der Waals surface area contributed by atoms with E-state index in [4.69, 9.17) is 9.47 Å². The number of amides is 1. The molecule has 0 radical (unpaired) electrons. The number of aliphatic imine (C=N–C) groups is 1. The van der Waals surface area contributed by atoms with Crippen LogP contribution in [-0.2, 0) is 9.53 Å². The molecule has 2 aromatic rings. The van der Waals surface area contributed by atoms with Crippen LogP contribution < -0.4 is 15.0 Å². The minimum Gasteiger partial charge on any atom is -0.491 e. The molecule has 0 fully saturated rings. The van der Waals surface area contributed by atoms with E-state index in [9.17, 15) is 4.79 Å². The molecule has 2 heterocycles. The molecule has 2 atom stereocenters. The van der Waals surface area contributed by atoms with E-state index in [1.54, 1.807) is 7.11 Å². The first-order valence-electron chi connectivity index (χ1n) is 8.87. The molecular formula is C21H21N3O3. The van der Waals surface area contributed by atoms with Crippen LogP contribution in [0, 0.1) is 5.92 Å². The number of anilines is 1. The fraction of sp³-hybridized carbons (Fsp3) is 0.238. The molecule has 0 bridgehead atoms. The Bertz CT molecular complexity index is 862. The van der Waals surface area contributed by atoms with Gasteiger partial charge in [-0.1, -0.05) is 30.3 Å². The molecule has 2 unspecified atom stereocenters. The summed E-state index contributed by atoms with van der Waals surface area (Å²) in [5.74, 6) is 0.382. The Hall–Kier alpha value is -3.12. The number of fused-ring (bicyclic) bond motifs is 1. The van der Waals surface area contributed by atoms with Gasteiger partial charge in [0, 0.05) is 19.0 Å². The summed E-state index contributed by atoms with van der Waals surface area (Å²) in [5, 5.41) is 2.73. The van der Waals surface area contributed by atoms with Gasteiger partial charge in [0.15, 0.2) is 0 Å². The highest BCUT2D eigenvalue weighted by Crippen LogP contribution is 2.40.